The molecule has 1 saturated heterocycles. The molecule has 0 atom stereocenters. The largest absolute Gasteiger partial charge is 0.444 e. The summed E-state index contributed by atoms with van der Waals surface area (Å²) >= 11 is 0. The first-order valence-corrected chi connectivity index (χ1v) is 10.2. The summed E-state index contributed by atoms with van der Waals surface area (Å²) in [5, 5.41) is 5.68. The number of likely N-dealkylation sites (tertiary alicyclic amines) is 1. The van der Waals surface area contributed by atoms with Crippen molar-refractivity contribution in [3.05, 3.63) is 34.9 Å². The van der Waals surface area contributed by atoms with Crippen LogP contribution in [0.5, 0.6) is 0 Å². The molecule has 0 unspecified atom stereocenters. The number of piperidine rings is 1. The van der Waals surface area contributed by atoms with Gasteiger partial charge in [0.05, 0.1) is 0 Å². The molecule has 0 aliphatic carbocycles. The lowest BCUT2D eigenvalue weighted by atomic mass is 10.0. The van der Waals surface area contributed by atoms with E-state index in [1.165, 1.54) is 0 Å². The third kappa shape index (κ3) is 7.40. The zero-order chi connectivity index (χ0) is 21.6. The van der Waals surface area contributed by atoms with Crippen LogP contribution in [0.4, 0.5) is 4.79 Å². The first kappa shape index (κ1) is 22.7. The van der Waals surface area contributed by atoms with Gasteiger partial charge in [0.25, 0.3) is 5.91 Å². The highest BCUT2D eigenvalue weighted by Crippen LogP contribution is 2.14. The molecule has 2 rings (SSSR count). The SMILES string of the molecule is Cc1ccc(C(=O)NC2CCN(C(=O)CCNC(=O)OC(C)(C)C)CC2)cc1C. The molecule has 0 radical (unpaired) electrons. The number of amides is 3. The van der Waals surface area contributed by atoms with Crippen LogP contribution >= 0.6 is 0 Å². The normalized spacial score (nSPS) is 15.0. The summed E-state index contributed by atoms with van der Waals surface area (Å²) in [6.45, 7) is 10.8. The molecule has 0 bridgehead atoms. The van der Waals surface area contributed by atoms with Gasteiger partial charge < -0.3 is 20.3 Å². The van der Waals surface area contributed by atoms with Gasteiger partial charge in [0.1, 0.15) is 5.60 Å². The van der Waals surface area contributed by atoms with Crippen LogP contribution in [-0.4, -0.2) is 54.1 Å². The van der Waals surface area contributed by atoms with Gasteiger partial charge in [-0.2, -0.15) is 0 Å². The van der Waals surface area contributed by atoms with Crippen LogP contribution in [0.25, 0.3) is 0 Å². The zero-order valence-corrected chi connectivity index (χ0v) is 18.1. The van der Waals surface area contributed by atoms with Crippen molar-refractivity contribution in [3.8, 4) is 0 Å². The molecule has 1 aliphatic heterocycles. The fourth-order valence-electron chi connectivity index (χ4n) is 3.17. The van der Waals surface area contributed by atoms with Crippen LogP contribution in [0, 0.1) is 13.8 Å². The second-order valence-corrected chi connectivity index (χ2v) is 8.61. The van der Waals surface area contributed by atoms with E-state index < -0.39 is 11.7 Å². The Labute approximate surface area is 173 Å². The van der Waals surface area contributed by atoms with Crippen molar-refractivity contribution in [3.63, 3.8) is 0 Å². The summed E-state index contributed by atoms with van der Waals surface area (Å²) in [6.07, 6.45) is 1.17. The number of rotatable bonds is 5. The number of carbonyl (C=O) groups excluding carboxylic acids is 3. The van der Waals surface area contributed by atoms with Crippen molar-refractivity contribution in [2.75, 3.05) is 19.6 Å². The lowest BCUT2D eigenvalue weighted by Crippen LogP contribution is -2.47. The van der Waals surface area contributed by atoms with Crippen molar-refractivity contribution in [2.45, 2.75) is 65.5 Å². The zero-order valence-electron chi connectivity index (χ0n) is 18.1. The standard InChI is InChI=1S/C22H33N3O4/c1-15-6-7-17(14-16(15)2)20(27)24-18-9-12-25(13-10-18)19(26)8-11-23-21(28)29-22(3,4)5/h6-7,14,18H,8-13H2,1-5H3,(H,23,28)(H,24,27). The van der Waals surface area contributed by atoms with Gasteiger partial charge in [-0.3, -0.25) is 9.59 Å². The summed E-state index contributed by atoms with van der Waals surface area (Å²) in [4.78, 5) is 38.2. The number of benzene rings is 1. The van der Waals surface area contributed by atoms with E-state index in [1.807, 2.05) is 32.0 Å². The Balaban J connectivity index is 1.71. The maximum absolute atomic E-state index is 12.5. The predicted molar refractivity (Wildman–Crippen MR) is 112 cm³/mol. The number of ether oxygens (including phenoxy) is 1. The molecule has 29 heavy (non-hydrogen) atoms. The highest BCUT2D eigenvalue weighted by molar-refractivity contribution is 5.94. The number of hydrogen-bond acceptors (Lipinski definition) is 4. The molecule has 1 heterocycles. The van der Waals surface area contributed by atoms with E-state index in [0.717, 1.165) is 24.0 Å². The molecule has 7 heteroatoms. The van der Waals surface area contributed by atoms with E-state index >= 15 is 0 Å². The third-order valence-electron chi connectivity index (χ3n) is 4.96. The van der Waals surface area contributed by atoms with E-state index in [2.05, 4.69) is 10.6 Å². The summed E-state index contributed by atoms with van der Waals surface area (Å²) in [5.41, 5.74) is 2.37. The van der Waals surface area contributed by atoms with Gasteiger partial charge in [-0.25, -0.2) is 4.79 Å². The molecular weight excluding hydrogens is 370 g/mol. The predicted octanol–water partition coefficient (Wildman–Crippen LogP) is 2.94. The average molecular weight is 404 g/mol. The molecule has 1 fully saturated rings. The third-order valence-corrected chi connectivity index (χ3v) is 4.96. The first-order chi connectivity index (χ1) is 13.5. The fraction of sp³-hybridized carbons (Fsp3) is 0.591. The Kier molecular flexibility index (Phi) is 7.65. The highest BCUT2D eigenvalue weighted by atomic mass is 16.6. The summed E-state index contributed by atoms with van der Waals surface area (Å²) < 4.78 is 5.15. The molecular formula is C22H33N3O4. The van der Waals surface area contributed by atoms with E-state index in [-0.39, 0.29) is 30.8 Å². The van der Waals surface area contributed by atoms with Gasteiger partial charge in [-0.05, 0) is 70.7 Å². The van der Waals surface area contributed by atoms with E-state index in [0.29, 0.717) is 18.7 Å². The minimum absolute atomic E-state index is 0.00000502. The lowest BCUT2D eigenvalue weighted by Gasteiger charge is -2.32. The minimum atomic E-state index is -0.558. The fourth-order valence-corrected chi connectivity index (χ4v) is 3.17. The van der Waals surface area contributed by atoms with Gasteiger partial charge in [0.2, 0.25) is 5.91 Å². The number of alkyl carbamates (subject to hydrolysis) is 1. The number of aryl methyl sites for hydroxylation is 2. The van der Waals surface area contributed by atoms with Crippen molar-refractivity contribution < 1.29 is 19.1 Å². The van der Waals surface area contributed by atoms with Crippen molar-refractivity contribution in [1.82, 2.24) is 15.5 Å². The number of nitrogens with one attached hydrogen (secondary N) is 2. The van der Waals surface area contributed by atoms with Crippen LogP contribution in [-0.2, 0) is 9.53 Å². The average Bonchev–Trinajstić information content (AvgIpc) is 2.63. The molecule has 1 aromatic carbocycles. The number of carbonyl (C=O) groups is 3. The monoisotopic (exact) mass is 403 g/mol. The second kappa shape index (κ2) is 9.76. The summed E-state index contributed by atoms with van der Waals surface area (Å²) in [7, 11) is 0. The second-order valence-electron chi connectivity index (χ2n) is 8.61. The van der Waals surface area contributed by atoms with Gasteiger partial charge in [-0.15, -0.1) is 0 Å². The van der Waals surface area contributed by atoms with E-state index in [9.17, 15) is 14.4 Å². The maximum Gasteiger partial charge on any atom is 0.407 e. The molecule has 0 saturated carbocycles. The van der Waals surface area contributed by atoms with Gasteiger partial charge in [0, 0.05) is 37.7 Å². The van der Waals surface area contributed by atoms with Gasteiger partial charge in [0.15, 0.2) is 0 Å². The van der Waals surface area contributed by atoms with Crippen molar-refractivity contribution in [1.29, 1.82) is 0 Å². The molecule has 0 aromatic heterocycles. The van der Waals surface area contributed by atoms with Gasteiger partial charge in [-0.1, -0.05) is 6.07 Å². The Hall–Kier alpha value is -2.57. The molecule has 1 aromatic rings. The molecule has 3 amide bonds. The summed E-state index contributed by atoms with van der Waals surface area (Å²) in [5.74, 6) is -0.0700. The molecule has 2 N–H and O–H groups in total. The van der Waals surface area contributed by atoms with Crippen molar-refractivity contribution in [2.24, 2.45) is 0 Å². The van der Waals surface area contributed by atoms with Crippen LogP contribution in [0.15, 0.2) is 18.2 Å². The topological polar surface area (TPSA) is 87.7 Å². The van der Waals surface area contributed by atoms with Crippen LogP contribution in [0.3, 0.4) is 0 Å². The molecule has 1 aliphatic rings. The summed E-state index contributed by atoms with van der Waals surface area (Å²) in [6, 6.07) is 5.76. The number of hydrogen-bond donors (Lipinski definition) is 2. The van der Waals surface area contributed by atoms with Crippen LogP contribution < -0.4 is 10.6 Å². The maximum atomic E-state index is 12.5. The Morgan fingerprint density at radius 1 is 1.10 bits per heavy atom. The Morgan fingerprint density at radius 2 is 1.76 bits per heavy atom. The van der Waals surface area contributed by atoms with Crippen LogP contribution in [0.2, 0.25) is 0 Å². The molecule has 0 spiro atoms. The quantitative estimate of drug-likeness (QED) is 0.791. The smallest absolute Gasteiger partial charge is 0.407 e. The number of nitrogens with zero attached hydrogens (tertiary/aromatic N) is 1. The van der Waals surface area contributed by atoms with E-state index in [1.54, 1.807) is 25.7 Å². The van der Waals surface area contributed by atoms with E-state index in [4.69, 9.17) is 4.74 Å². The molecule has 160 valence electrons. The highest BCUT2D eigenvalue weighted by Gasteiger charge is 2.24. The molecule has 7 nitrogen and oxygen atoms in total. The minimum Gasteiger partial charge on any atom is -0.444 e. The van der Waals surface area contributed by atoms with Gasteiger partial charge >= 0.3 is 6.09 Å². The Bertz CT molecular complexity index is 747. The lowest BCUT2D eigenvalue weighted by molar-refractivity contribution is -0.132. The Morgan fingerprint density at radius 3 is 2.34 bits per heavy atom. The first-order valence-electron chi connectivity index (χ1n) is 10.2. The van der Waals surface area contributed by atoms with Crippen LogP contribution in [0.1, 0.15) is 61.5 Å². The van der Waals surface area contributed by atoms with Crippen molar-refractivity contribution >= 4 is 17.9 Å².